The summed E-state index contributed by atoms with van der Waals surface area (Å²) in [5, 5.41) is 9.03. The molecule has 2 aliphatic rings. The van der Waals surface area contributed by atoms with Crippen LogP contribution >= 0.6 is 0 Å². The van der Waals surface area contributed by atoms with Crippen LogP contribution in [0.4, 0.5) is 34.1 Å². The lowest BCUT2D eigenvalue weighted by molar-refractivity contribution is 0.666. The number of fused-ring (bicyclic) bond motifs is 19. The summed E-state index contributed by atoms with van der Waals surface area (Å²) in [7, 11) is 0. The predicted molar refractivity (Wildman–Crippen MR) is 311 cm³/mol. The number of furan rings is 3. The van der Waals surface area contributed by atoms with E-state index in [-0.39, 0.29) is 0 Å². The first-order valence-electron chi connectivity index (χ1n) is 26.0. The molecular weight excluding hydrogens is 929 g/mol. The van der Waals surface area contributed by atoms with Crippen molar-refractivity contribution < 1.29 is 13.3 Å². The molecular formula is C71H42N2O3. The number of para-hydroxylation sites is 5. The van der Waals surface area contributed by atoms with Crippen LogP contribution in [-0.2, 0) is 5.41 Å². The maximum atomic E-state index is 7.11. The van der Waals surface area contributed by atoms with Crippen LogP contribution in [-0.4, -0.2) is 0 Å². The molecule has 76 heavy (non-hydrogen) atoms. The smallest absolute Gasteiger partial charge is 0.143 e. The SMILES string of the molecule is c1ccc(N(c2ccc3c(c2)C2(c4cc(N(c5ccccc5)c5ccc6c(c5)oc5ccccc56)ccc4-3)c3ccc4c(oc5ccccc54)c3-c3cccc4cccc2c34)c2ccc3c(c2)oc2ccccc23)cc1. The van der Waals surface area contributed by atoms with Gasteiger partial charge in [-0.1, -0.05) is 152 Å². The summed E-state index contributed by atoms with van der Waals surface area (Å²) in [5.74, 6) is 0. The quantitative estimate of drug-likeness (QED) is 0.166. The van der Waals surface area contributed by atoms with Crippen molar-refractivity contribution in [2.75, 3.05) is 9.80 Å². The molecule has 354 valence electrons. The highest BCUT2D eigenvalue weighted by molar-refractivity contribution is 6.17. The van der Waals surface area contributed by atoms with Gasteiger partial charge in [-0.05, 0) is 141 Å². The van der Waals surface area contributed by atoms with Gasteiger partial charge in [-0.15, -0.1) is 0 Å². The Morgan fingerprint density at radius 3 is 1.28 bits per heavy atom. The second-order valence-corrected chi connectivity index (χ2v) is 20.3. The number of hydrogen-bond donors (Lipinski definition) is 0. The van der Waals surface area contributed by atoms with E-state index in [9.17, 15) is 0 Å². The molecule has 0 atom stereocenters. The molecule has 15 aromatic rings. The van der Waals surface area contributed by atoms with Crippen LogP contribution < -0.4 is 9.80 Å². The lowest BCUT2D eigenvalue weighted by Gasteiger charge is -2.40. The van der Waals surface area contributed by atoms with E-state index in [1.807, 2.05) is 24.3 Å². The Bertz CT molecular complexity index is 4700. The molecule has 3 heterocycles. The van der Waals surface area contributed by atoms with Gasteiger partial charge in [-0.25, -0.2) is 0 Å². The van der Waals surface area contributed by atoms with Crippen LogP contribution in [0.2, 0.25) is 0 Å². The second-order valence-electron chi connectivity index (χ2n) is 20.3. The zero-order valence-corrected chi connectivity index (χ0v) is 40.9. The van der Waals surface area contributed by atoms with Gasteiger partial charge in [0.25, 0.3) is 0 Å². The van der Waals surface area contributed by atoms with Gasteiger partial charge in [0.1, 0.15) is 33.5 Å². The van der Waals surface area contributed by atoms with Crippen molar-refractivity contribution in [3.63, 3.8) is 0 Å². The van der Waals surface area contributed by atoms with E-state index < -0.39 is 5.41 Å². The number of anilines is 6. The Balaban J connectivity index is 0.968. The summed E-state index contributed by atoms with van der Waals surface area (Å²) in [6.07, 6.45) is 0. The molecule has 5 heteroatoms. The molecule has 0 aliphatic heterocycles. The van der Waals surface area contributed by atoms with Gasteiger partial charge >= 0.3 is 0 Å². The number of hydrogen-bond acceptors (Lipinski definition) is 5. The minimum absolute atomic E-state index is 0.816. The Hall–Kier alpha value is -10.1. The Labute approximate surface area is 436 Å². The summed E-state index contributed by atoms with van der Waals surface area (Å²) < 4.78 is 20.2. The molecule has 0 amide bonds. The van der Waals surface area contributed by atoms with Crippen molar-refractivity contribution in [2.24, 2.45) is 0 Å². The third-order valence-electron chi connectivity index (χ3n) is 16.4. The summed E-state index contributed by atoms with van der Waals surface area (Å²) in [5.41, 5.74) is 20.1. The minimum Gasteiger partial charge on any atom is -0.456 e. The fourth-order valence-corrected chi connectivity index (χ4v) is 13.3. The highest BCUT2D eigenvalue weighted by Crippen LogP contribution is 2.64. The summed E-state index contributed by atoms with van der Waals surface area (Å²) in [6, 6.07) is 92.3. The molecule has 5 nitrogen and oxygen atoms in total. The number of rotatable bonds is 6. The summed E-state index contributed by atoms with van der Waals surface area (Å²) in [6.45, 7) is 0. The van der Waals surface area contributed by atoms with Gasteiger partial charge in [-0.2, -0.15) is 0 Å². The molecule has 0 N–H and O–H groups in total. The molecule has 0 radical (unpaired) electrons. The van der Waals surface area contributed by atoms with E-state index in [0.29, 0.717) is 0 Å². The molecule has 12 aromatic carbocycles. The average molecular weight is 971 g/mol. The van der Waals surface area contributed by atoms with Gasteiger partial charge in [0, 0.05) is 84.1 Å². The molecule has 0 fully saturated rings. The fourth-order valence-electron chi connectivity index (χ4n) is 13.3. The van der Waals surface area contributed by atoms with Crippen LogP contribution in [0, 0.1) is 0 Å². The topological polar surface area (TPSA) is 45.9 Å². The van der Waals surface area contributed by atoms with E-state index in [4.69, 9.17) is 13.3 Å². The van der Waals surface area contributed by atoms with Crippen LogP contribution in [0.1, 0.15) is 22.3 Å². The summed E-state index contributed by atoms with van der Waals surface area (Å²) in [4.78, 5) is 4.75. The molecule has 17 rings (SSSR count). The van der Waals surface area contributed by atoms with E-state index in [2.05, 4.69) is 240 Å². The molecule has 0 saturated heterocycles. The van der Waals surface area contributed by atoms with Gasteiger partial charge in [0.15, 0.2) is 0 Å². The fraction of sp³-hybridized carbons (Fsp3) is 0.0141. The van der Waals surface area contributed by atoms with Gasteiger partial charge in [0.05, 0.1) is 5.41 Å². The van der Waals surface area contributed by atoms with Crippen molar-refractivity contribution in [1.29, 1.82) is 0 Å². The number of nitrogens with zero attached hydrogens (tertiary/aromatic N) is 2. The molecule has 0 saturated carbocycles. The number of benzene rings is 12. The second kappa shape index (κ2) is 15.5. The van der Waals surface area contributed by atoms with E-state index in [1.165, 1.54) is 49.7 Å². The lowest BCUT2D eigenvalue weighted by Crippen LogP contribution is -2.32. The van der Waals surface area contributed by atoms with Gasteiger partial charge in [0.2, 0.25) is 0 Å². The van der Waals surface area contributed by atoms with Crippen molar-refractivity contribution in [1.82, 2.24) is 0 Å². The predicted octanol–water partition coefficient (Wildman–Crippen LogP) is 19.8. The largest absolute Gasteiger partial charge is 0.456 e. The van der Waals surface area contributed by atoms with Gasteiger partial charge in [-0.3, -0.25) is 0 Å². The van der Waals surface area contributed by atoms with Crippen molar-refractivity contribution in [3.8, 4) is 22.3 Å². The van der Waals surface area contributed by atoms with E-state index >= 15 is 0 Å². The van der Waals surface area contributed by atoms with Crippen LogP contribution in [0.15, 0.2) is 268 Å². The molecule has 3 aromatic heterocycles. The van der Waals surface area contributed by atoms with E-state index in [0.717, 1.165) is 106 Å². The van der Waals surface area contributed by atoms with E-state index in [1.54, 1.807) is 0 Å². The Morgan fingerprint density at radius 2 is 0.711 bits per heavy atom. The first kappa shape index (κ1) is 41.4. The maximum absolute atomic E-state index is 7.11. The third-order valence-corrected chi connectivity index (χ3v) is 16.4. The third kappa shape index (κ3) is 5.63. The minimum atomic E-state index is -0.816. The summed E-state index contributed by atoms with van der Waals surface area (Å²) >= 11 is 0. The highest BCUT2D eigenvalue weighted by atomic mass is 16.3. The monoisotopic (exact) mass is 970 g/mol. The molecule has 0 unspecified atom stereocenters. The zero-order chi connectivity index (χ0) is 49.6. The van der Waals surface area contributed by atoms with Crippen molar-refractivity contribution in [3.05, 3.63) is 277 Å². The maximum Gasteiger partial charge on any atom is 0.143 e. The first-order chi connectivity index (χ1) is 37.7. The zero-order valence-electron chi connectivity index (χ0n) is 40.9. The Kier molecular flexibility index (Phi) is 8.42. The average Bonchev–Trinajstić information content (AvgIpc) is 4.07. The van der Waals surface area contributed by atoms with Crippen LogP contribution in [0.25, 0.3) is 98.8 Å². The highest BCUT2D eigenvalue weighted by Gasteiger charge is 2.51. The van der Waals surface area contributed by atoms with Gasteiger partial charge < -0.3 is 23.1 Å². The van der Waals surface area contributed by atoms with Crippen LogP contribution in [0.3, 0.4) is 0 Å². The standard InChI is InChI=1S/C71H42N2O3/c1-3-17-44(18-4-1)72(48-31-35-55-52-21-7-10-26-63(52)74-66(55)41-48)46-29-33-50-51-34-30-47(73(45-19-5-2-6-20-45)49-32-36-56-53-22-8-11-27-64(53)75-67(56)42-49)40-62(51)71(61(50)39-46)59-25-14-16-43-15-13-24-58(68(43)59)69-60(71)38-37-57-54-23-9-12-28-65(54)76-70(57)69/h1-42H. The van der Waals surface area contributed by atoms with Crippen molar-refractivity contribution in [2.45, 2.75) is 5.41 Å². The lowest BCUT2D eigenvalue weighted by atomic mass is 9.61. The normalized spacial score (nSPS) is 13.1. The molecule has 1 spiro atoms. The molecule has 2 aliphatic carbocycles. The first-order valence-corrected chi connectivity index (χ1v) is 26.0. The Morgan fingerprint density at radius 1 is 0.263 bits per heavy atom. The van der Waals surface area contributed by atoms with Crippen molar-refractivity contribution >= 4 is 111 Å². The molecule has 0 bridgehead atoms. The van der Waals surface area contributed by atoms with Crippen LogP contribution in [0.5, 0.6) is 0 Å².